The van der Waals surface area contributed by atoms with E-state index < -0.39 is 0 Å². The van der Waals surface area contributed by atoms with Crippen molar-refractivity contribution in [2.24, 2.45) is 4.99 Å². The summed E-state index contributed by atoms with van der Waals surface area (Å²) in [6.45, 7) is 7.32. The average molecular weight is 410 g/mol. The van der Waals surface area contributed by atoms with Crippen molar-refractivity contribution in [1.82, 2.24) is 15.5 Å². The predicted octanol–water partition coefficient (Wildman–Crippen LogP) is 2.61. The van der Waals surface area contributed by atoms with Crippen molar-refractivity contribution >= 4 is 11.6 Å². The first-order chi connectivity index (χ1) is 14.8. The molecule has 0 radical (unpaired) electrons. The fourth-order valence-corrected chi connectivity index (χ4v) is 3.82. The lowest BCUT2D eigenvalue weighted by Crippen LogP contribution is -2.47. The van der Waals surface area contributed by atoms with Gasteiger partial charge in [0.2, 0.25) is 0 Å². The molecule has 0 aromatic heterocycles. The van der Waals surface area contributed by atoms with Gasteiger partial charge >= 0.3 is 0 Å². The molecule has 0 amide bonds. The minimum Gasteiger partial charge on any atom is -0.496 e. The van der Waals surface area contributed by atoms with Crippen LogP contribution in [-0.2, 0) is 6.42 Å². The van der Waals surface area contributed by atoms with Crippen molar-refractivity contribution < 1.29 is 4.74 Å². The Morgan fingerprint density at radius 2 is 1.63 bits per heavy atom. The van der Waals surface area contributed by atoms with Gasteiger partial charge in [-0.25, -0.2) is 0 Å². The number of ether oxygens (including phenoxy) is 1. The van der Waals surface area contributed by atoms with E-state index in [1.165, 1.54) is 11.3 Å². The monoisotopic (exact) mass is 409 g/mol. The SMILES string of the molecule is CN=C(NCCCN1CCN(c2ccccc2)CC1)NCCc1ccccc1OC. The fourth-order valence-electron chi connectivity index (χ4n) is 3.82. The number of benzene rings is 2. The van der Waals surface area contributed by atoms with Crippen LogP contribution < -0.4 is 20.3 Å². The van der Waals surface area contributed by atoms with Gasteiger partial charge in [-0.15, -0.1) is 0 Å². The number of nitrogens with zero attached hydrogens (tertiary/aromatic N) is 3. The van der Waals surface area contributed by atoms with Crippen molar-refractivity contribution in [3.63, 3.8) is 0 Å². The van der Waals surface area contributed by atoms with Crippen LogP contribution in [0.2, 0.25) is 0 Å². The first kappa shape index (κ1) is 22.0. The zero-order valence-corrected chi connectivity index (χ0v) is 18.3. The predicted molar refractivity (Wildman–Crippen MR) is 126 cm³/mol. The molecule has 0 atom stereocenters. The van der Waals surface area contributed by atoms with E-state index in [1.54, 1.807) is 7.11 Å². The van der Waals surface area contributed by atoms with E-state index in [2.05, 4.69) is 61.8 Å². The van der Waals surface area contributed by atoms with Gasteiger partial charge in [0.25, 0.3) is 0 Å². The Hall–Kier alpha value is -2.73. The number of rotatable bonds is 9. The van der Waals surface area contributed by atoms with E-state index in [0.29, 0.717) is 0 Å². The van der Waals surface area contributed by atoms with E-state index in [1.807, 2.05) is 25.2 Å². The molecule has 6 heteroatoms. The molecule has 0 saturated carbocycles. The molecule has 1 aliphatic rings. The summed E-state index contributed by atoms with van der Waals surface area (Å²) < 4.78 is 5.42. The van der Waals surface area contributed by atoms with E-state index in [-0.39, 0.29) is 0 Å². The van der Waals surface area contributed by atoms with Gasteiger partial charge < -0.3 is 20.3 Å². The number of aliphatic imine (C=N–C) groups is 1. The Balaban J connectivity index is 1.29. The van der Waals surface area contributed by atoms with E-state index >= 15 is 0 Å². The summed E-state index contributed by atoms with van der Waals surface area (Å²) >= 11 is 0. The van der Waals surface area contributed by atoms with Crippen molar-refractivity contribution in [2.75, 3.05) is 64.9 Å². The summed E-state index contributed by atoms with van der Waals surface area (Å²) in [6, 6.07) is 18.9. The first-order valence-corrected chi connectivity index (χ1v) is 10.9. The van der Waals surface area contributed by atoms with Crippen molar-refractivity contribution in [3.05, 3.63) is 60.2 Å². The Morgan fingerprint density at radius 1 is 0.933 bits per heavy atom. The summed E-state index contributed by atoms with van der Waals surface area (Å²) in [5, 5.41) is 6.82. The van der Waals surface area contributed by atoms with Gasteiger partial charge in [-0.1, -0.05) is 36.4 Å². The summed E-state index contributed by atoms with van der Waals surface area (Å²) in [5.41, 5.74) is 2.54. The third-order valence-electron chi connectivity index (χ3n) is 5.54. The lowest BCUT2D eigenvalue weighted by molar-refractivity contribution is 0.255. The second-order valence-electron chi connectivity index (χ2n) is 7.51. The summed E-state index contributed by atoms with van der Waals surface area (Å²) in [5.74, 6) is 1.80. The van der Waals surface area contributed by atoms with Crippen LogP contribution in [0.25, 0.3) is 0 Å². The molecular weight excluding hydrogens is 374 g/mol. The molecule has 0 unspecified atom stereocenters. The summed E-state index contributed by atoms with van der Waals surface area (Å²) in [6.07, 6.45) is 2.01. The number of guanidine groups is 1. The Bertz CT molecular complexity index is 772. The fraction of sp³-hybridized carbons (Fsp3) is 0.458. The van der Waals surface area contributed by atoms with E-state index in [9.17, 15) is 0 Å². The lowest BCUT2D eigenvalue weighted by Gasteiger charge is -2.36. The molecule has 2 N–H and O–H groups in total. The number of methoxy groups -OCH3 is 1. The van der Waals surface area contributed by atoms with Crippen LogP contribution in [0.15, 0.2) is 59.6 Å². The molecule has 1 saturated heterocycles. The van der Waals surface area contributed by atoms with E-state index in [4.69, 9.17) is 4.74 Å². The van der Waals surface area contributed by atoms with Gasteiger partial charge in [0.05, 0.1) is 7.11 Å². The normalized spacial score (nSPS) is 15.1. The molecular formula is C24H35N5O. The van der Waals surface area contributed by atoms with Crippen LogP contribution in [0.4, 0.5) is 5.69 Å². The second kappa shape index (κ2) is 12.1. The highest BCUT2D eigenvalue weighted by atomic mass is 16.5. The molecule has 0 aliphatic carbocycles. The third kappa shape index (κ3) is 6.66. The highest BCUT2D eigenvalue weighted by Gasteiger charge is 2.16. The highest BCUT2D eigenvalue weighted by Crippen LogP contribution is 2.17. The van der Waals surface area contributed by atoms with Gasteiger partial charge in [0, 0.05) is 52.0 Å². The summed E-state index contributed by atoms with van der Waals surface area (Å²) in [7, 11) is 3.54. The molecule has 3 rings (SSSR count). The van der Waals surface area contributed by atoms with Gasteiger partial charge in [-0.3, -0.25) is 9.89 Å². The Labute approximate surface area is 180 Å². The Kier molecular flexibility index (Phi) is 8.84. The quantitative estimate of drug-likeness (QED) is 0.379. The van der Waals surface area contributed by atoms with Crippen LogP contribution in [0, 0.1) is 0 Å². The average Bonchev–Trinajstić information content (AvgIpc) is 2.82. The molecule has 30 heavy (non-hydrogen) atoms. The molecule has 162 valence electrons. The van der Waals surface area contributed by atoms with Crippen molar-refractivity contribution in [2.45, 2.75) is 12.8 Å². The number of para-hydroxylation sites is 2. The van der Waals surface area contributed by atoms with Crippen LogP contribution in [-0.4, -0.2) is 70.8 Å². The van der Waals surface area contributed by atoms with Gasteiger partial charge in [0.15, 0.2) is 5.96 Å². The minimum absolute atomic E-state index is 0.821. The Morgan fingerprint density at radius 3 is 2.37 bits per heavy atom. The molecule has 0 bridgehead atoms. The smallest absolute Gasteiger partial charge is 0.190 e. The second-order valence-corrected chi connectivity index (χ2v) is 7.51. The maximum absolute atomic E-state index is 5.42. The zero-order chi connectivity index (χ0) is 21.0. The van der Waals surface area contributed by atoms with Crippen LogP contribution >= 0.6 is 0 Å². The number of piperazine rings is 1. The van der Waals surface area contributed by atoms with Crippen LogP contribution in [0.3, 0.4) is 0 Å². The number of hydrogen-bond donors (Lipinski definition) is 2. The molecule has 6 nitrogen and oxygen atoms in total. The molecule has 1 aliphatic heterocycles. The maximum Gasteiger partial charge on any atom is 0.190 e. The topological polar surface area (TPSA) is 52.1 Å². The van der Waals surface area contributed by atoms with Gasteiger partial charge in [-0.2, -0.15) is 0 Å². The maximum atomic E-state index is 5.42. The molecule has 1 fully saturated rings. The molecule has 0 spiro atoms. The number of hydrogen-bond acceptors (Lipinski definition) is 4. The first-order valence-electron chi connectivity index (χ1n) is 10.9. The van der Waals surface area contributed by atoms with Crippen molar-refractivity contribution in [3.8, 4) is 5.75 Å². The third-order valence-corrected chi connectivity index (χ3v) is 5.54. The summed E-state index contributed by atoms with van der Waals surface area (Å²) in [4.78, 5) is 9.36. The lowest BCUT2D eigenvalue weighted by atomic mass is 10.1. The highest BCUT2D eigenvalue weighted by molar-refractivity contribution is 5.79. The van der Waals surface area contributed by atoms with Crippen LogP contribution in [0.1, 0.15) is 12.0 Å². The minimum atomic E-state index is 0.821. The molecule has 1 heterocycles. The zero-order valence-electron chi connectivity index (χ0n) is 18.3. The standard InChI is InChI=1S/C24H35N5O/c1-25-24(27-15-13-21-9-6-7-12-23(21)30-2)26-14-8-16-28-17-19-29(20-18-28)22-10-4-3-5-11-22/h3-7,9-12H,8,13-20H2,1-2H3,(H2,25,26,27). The molecule has 2 aromatic rings. The van der Waals surface area contributed by atoms with Gasteiger partial charge in [0.1, 0.15) is 5.75 Å². The van der Waals surface area contributed by atoms with Crippen LogP contribution in [0.5, 0.6) is 5.75 Å². The van der Waals surface area contributed by atoms with E-state index in [0.717, 1.165) is 70.4 Å². The largest absolute Gasteiger partial charge is 0.496 e. The number of nitrogens with one attached hydrogen (secondary N) is 2. The molecule has 2 aromatic carbocycles. The van der Waals surface area contributed by atoms with Crippen molar-refractivity contribution in [1.29, 1.82) is 0 Å². The van der Waals surface area contributed by atoms with Gasteiger partial charge in [-0.05, 0) is 43.1 Å². The number of anilines is 1.